The van der Waals surface area contributed by atoms with Gasteiger partial charge in [-0.25, -0.2) is 13.5 Å². The highest BCUT2D eigenvalue weighted by atomic mass is 19.1. The Hall–Kier alpha value is -2.88. The van der Waals surface area contributed by atoms with Gasteiger partial charge in [0, 0.05) is 26.3 Å². The fourth-order valence-electron chi connectivity index (χ4n) is 3.18. The molecule has 1 aromatic heterocycles. The fourth-order valence-corrected chi connectivity index (χ4v) is 3.18. The van der Waals surface area contributed by atoms with Crippen LogP contribution < -0.4 is 5.32 Å². The predicted molar refractivity (Wildman–Crippen MR) is 94.6 cm³/mol. The maximum absolute atomic E-state index is 14.0. The Morgan fingerprint density at radius 2 is 2.18 bits per heavy atom. The quantitative estimate of drug-likeness (QED) is 0.715. The molecule has 3 rings (SSSR count). The second kappa shape index (κ2) is 8.87. The van der Waals surface area contributed by atoms with Gasteiger partial charge in [0.1, 0.15) is 11.6 Å². The zero-order valence-corrected chi connectivity index (χ0v) is 15.4. The summed E-state index contributed by atoms with van der Waals surface area (Å²) in [5, 5.41) is 10.4. The second-order valence-electron chi connectivity index (χ2n) is 6.49. The monoisotopic (exact) mass is 393 g/mol. The van der Waals surface area contributed by atoms with Crippen LogP contribution in [0.1, 0.15) is 33.7 Å². The summed E-state index contributed by atoms with van der Waals surface area (Å²) in [7, 11) is 1.54. The molecule has 0 saturated carbocycles. The minimum absolute atomic E-state index is 0.162. The van der Waals surface area contributed by atoms with E-state index in [0.717, 1.165) is 18.6 Å². The molecule has 0 unspecified atom stereocenters. The number of aromatic nitrogens is 3. The molecular weight excluding hydrogens is 372 g/mol. The van der Waals surface area contributed by atoms with Gasteiger partial charge in [0.2, 0.25) is 0 Å². The van der Waals surface area contributed by atoms with Crippen LogP contribution in [0.25, 0.3) is 0 Å². The van der Waals surface area contributed by atoms with Gasteiger partial charge in [-0.05, 0) is 25.0 Å². The number of rotatable bonds is 7. The van der Waals surface area contributed by atoms with Crippen LogP contribution in [0.3, 0.4) is 0 Å². The molecule has 0 radical (unpaired) electrons. The smallest absolute Gasteiger partial charge is 0.273 e. The number of likely N-dealkylation sites (tertiary alicyclic amines) is 1. The molecule has 1 fully saturated rings. The molecule has 1 saturated heterocycles. The number of amides is 2. The number of benzene rings is 1. The summed E-state index contributed by atoms with van der Waals surface area (Å²) in [5.74, 6) is -2.47. The van der Waals surface area contributed by atoms with E-state index in [2.05, 4.69) is 15.6 Å². The molecule has 1 atom stereocenters. The van der Waals surface area contributed by atoms with Crippen LogP contribution >= 0.6 is 0 Å². The molecule has 1 N–H and O–H groups in total. The predicted octanol–water partition coefficient (Wildman–Crippen LogP) is 1.24. The molecule has 1 aromatic carbocycles. The first-order valence-corrected chi connectivity index (χ1v) is 8.93. The van der Waals surface area contributed by atoms with E-state index in [0.29, 0.717) is 38.7 Å². The van der Waals surface area contributed by atoms with Gasteiger partial charge < -0.3 is 15.0 Å². The number of methoxy groups -OCH3 is 1. The first kappa shape index (κ1) is 19.9. The summed E-state index contributed by atoms with van der Waals surface area (Å²) in [6.45, 7) is 1.54. The van der Waals surface area contributed by atoms with E-state index in [1.54, 1.807) is 4.90 Å². The lowest BCUT2D eigenvalue weighted by atomic mass is 10.1. The summed E-state index contributed by atoms with van der Waals surface area (Å²) in [5.41, 5.74) is 0.00153. The Morgan fingerprint density at radius 1 is 1.36 bits per heavy atom. The zero-order chi connectivity index (χ0) is 20.1. The van der Waals surface area contributed by atoms with E-state index in [-0.39, 0.29) is 23.2 Å². The van der Waals surface area contributed by atoms with Crippen molar-refractivity contribution in [3.8, 4) is 0 Å². The molecule has 1 aliphatic rings. The average Bonchev–Trinajstić information content (AvgIpc) is 3.31. The van der Waals surface area contributed by atoms with Crippen molar-refractivity contribution in [2.45, 2.75) is 25.4 Å². The van der Waals surface area contributed by atoms with E-state index in [4.69, 9.17) is 4.74 Å². The molecular formula is C18H21F2N5O3. The lowest BCUT2D eigenvalue weighted by Crippen LogP contribution is -2.38. The summed E-state index contributed by atoms with van der Waals surface area (Å²) >= 11 is 0. The Balaban J connectivity index is 1.65. The van der Waals surface area contributed by atoms with Gasteiger partial charge in [0.05, 0.1) is 31.0 Å². The van der Waals surface area contributed by atoms with Crippen LogP contribution in [0.2, 0.25) is 0 Å². The number of hydrogen-bond acceptors (Lipinski definition) is 5. The minimum Gasteiger partial charge on any atom is -0.383 e. The SMILES string of the molecule is COCCNC(=O)c1cn(C[C@@H]2CCCN2C(=O)c2ccc(F)cc2F)nn1. The number of carbonyl (C=O) groups is 2. The lowest BCUT2D eigenvalue weighted by Gasteiger charge is -2.24. The maximum atomic E-state index is 14.0. The van der Waals surface area contributed by atoms with Crippen LogP contribution in [0.4, 0.5) is 8.78 Å². The molecule has 10 heteroatoms. The third-order valence-corrected chi connectivity index (χ3v) is 4.56. The third-order valence-electron chi connectivity index (χ3n) is 4.56. The second-order valence-corrected chi connectivity index (χ2v) is 6.49. The largest absolute Gasteiger partial charge is 0.383 e. The normalized spacial score (nSPS) is 16.4. The Kier molecular flexibility index (Phi) is 6.30. The summed E-state index contributed by atoms with van der Waals surface area (Å²) in [6, 6.07) is 2.70. The summed E-state index contributed by atoms with van der Waals surface area (Å²) < 4.78 is 33.4. The molecule has 150 valence electrons. The molecule has 2 heterocycles. The zero-order valence-electron chi connectivity index (χ0n) is 15.4. The molecule has 1 aliphatic heterocycles. The van der Waals surface area contributed by atoms with Crippen LogP contribution in [0.5, 0.6) is 0 Å². The Labute approximate surface area is 160 Å². The van der Waals surface area contributed by atoms with Gasteiger partial charge in [0.15, 0.2) is 5.69 Å². The van der Waals surface area contributed by atoms with Crippen molar-refractivity contribution in [1.29, 1.82) is 0 Å². The van der Waals surface area contributed by atoms with E-state index >= 15 is 0 Å². The standard InChI is InChI=1S/C18H21F2N5O3/c1-28-8-6-21-17(26)16-11-24(23-22-16)10-13-3-2-7-25(13)18(27)14-5-4-12(19)9-15(14)20/h4-5,9,11,13H,2-3,6-8,10H2,1H3,(H,21,26)/t13-/m0/s1. The van der Waals surface area contributed by atoms with Crippen LogP contribution in [-0.4, -0.2) is 64.6 Å². The van der Waals surface area contributed by atoms with E-state index in [1.165, 1.54) is 18.0 Å². The summed E-state index contributed by atoms with van der Waals surface area (Å²) in [6.07, 6.45) is 2.98. The molecule has 0 spiro atoms. The summed E-state index contributed by atoms with van der Waals surface area (Å²) in [4.78, 5) is 26.2. The molecule has 8 nitrogen and oxygen atoms in total. The van der Waals surface area contributed by atoms with Crippen molar-refractivity contribution in [2.24, 2.45) is 0 Å². The number of carbonyl (C=O) groups excluding carboxylic acids is 2. The van der Waals surface area contributed by atoms with E-state index in [9.17, 15) is 18.4 Å². The maximum Gasteiger partial charge on any atom is 0.273 e. The average molecular weight is 393 g/mol. The lowest BCUT2D eigenvalue weighted by molar-refractivity contribution is 0.0716. The third kappa shape index (κ3) is 4.50. The number of ether oxygens (including phenoxy) is 1. The van der Waals surface area contributed by atoms with Crippen molar-refractivity contribution < 1.29 is 23.1 Å². The highest BCUT2D eigenvalue weighted by Crippen LogP contribution is 2.23. The van der Waals surface area contributed by atoms with Gasteiger partial charge in [-0.3, -0.25) is 9.59 Å². The Morgan fingerprint density at radius 3 is 2.93 bits per heavy atom. The highest BCUT2D eigenvalue weighted by Gasteiger charge is 2.31. The van der Waals surface area contributed by atoms with Crippen LogP contribution in [0, 0.1) is 11.6 Å². The van der Waals surface area contributed by atoms with Gasteiger partial charge in [-0.2, -0.15) is 0 Å². The van der Waals surface area contributed by atoms with Crippen molar-refractivity contribution in [3.05, 3.63) is 47.3 Å². The van der Waals surface area contributed by atoms with Crippen LogP contribution in [0.15, 0.2) is 24.4 Å². The van der Waals surface area contributed by atoms with Crippen molar-refractivity contribution in [2.75, 3.05) is 26.8 Å². The van der Waals surface area contributed by atoms with E-state index < -0.39 is 17.5 Å². The molecule has 2 aromatic rings. The van der Waals surface area contributed by atoms with Gasteiger partial charge in [-0.15, -0.1) is 5.10 Å². The molecule has 0 bridgehead atoms. The first-order chi connectivity index (χ1) is 13.5. The van der Waals surface area contributed by atoms with Crippen molar-refractivity contribution >= 4 is 11.8 Å². The topological polar surface area (TPSA) is 89.4 Å². The number of nitrogens with zero attached hydrogens (tertiary/aromatic N) is 4. The van der Waals surface area contributed by atoms with Gasteiger partial charge >= 0.3 is 0 Å². The number of hydrogen-bond donors (Lipinski definition) is 1. The molecule has 2 amide bonds. The van der Waals surface area contributed by atoms with Crippen molar-refractivity contribution in [3.63, 3.8) is 0 Å². The number of halogens is 2. The highest BCUT2D eigenvalue weighted by molar-refractivity contribution is 5.95. The number of nitrogens with one attached hydrogen (secondary N) is 1. The minimum atomic E-state index is -0.883. The van der Waals surface area contributed by atoms with Crippen molar-refractivity contribution in [1.82, 2.24) is 25.2 Å². The van der Waals surface area contributed by atoms with Gasteiger partial charge in [-0.1, -0.05) is 5.21 Å². The first-order valence-electron chi connectivity index (χ1n) is 8.93. The van der Waals surface area contributed by atoms with Gasteiger partial charge in [0.25, 0.3) is 11.8 Å². The fraction of sp³-hybridized carbons (Fsp3) is 0.444. The molecule has 28 heavy (non-hydrogen) atoms. The van der Waals surface area contributed by atoms with E-state index in [1.807, 2.05) is 0 Å². The Bertz CT molecular complexity index is 857. The molecule has 0 aliphatic carbocycles. The van der Waals surface area contributed by atoms with Crippen LogP contribution in [-0.2, 0) is 11.3 Å².